The summed E-state index contributed by atoms with van der Waals surface area (Å²) in [6.45, 7) is 2.88. The van der Waals surface area contributed by atoms with Crippen molar-refractivity contribution >= 4 is 17.7 Å². The van der Waals surface area contributed by atoms with Crippen LogP contribution >= 0.6 is 11.6 Å². The Labute approximate surface area is 98.4 Å². The molecular weight excluding hydrogens is 230 g/mol. The molecule has 0 aliphatic carbocycles. The fourth-order valence-electron chi connectivity index (χ4n) is 1.44. The van der Waals surface area contributed by atoms with E-state index in [-0.39, 0.29) is 12.0 Å². The summed E-state index contributed by atoms with van der Waals surface area (Å²) in [4.78, 5) is 17.2. The number of carbonyl (C=O) groups excluding carboxylic acids is 1. The van der Waals surface area contributed by atoms with Gasteiger partial charge in [-0.05, 0) is 6.07 Å². The second-order valence-electron chi connectivity index (χ2n) is 3.42. The van der Waals surface area contributed by atoms with Crippen molar-refractivity contribution in [3.8, 4) is 5.88 Å². The Morgan fingerprint density at radius 2 is 2.25 bits per heavy atom. The maximum Gasteiger partial charge on any atom is 0.416 e. The number of ether oxygens (including phenoxy) is 1. The number of hydrogen-bond acceptors (Lipinski definition) is 4. The Morgan fingerprint density at radius 1 is 1.50 bits per heavy atom. The van der Waals surface area contributed by atoms with Gasteiger partial charge in [0.25, 0.3) is 0 Å². The highest BCUT2D eigenvalue weighted by Crippen LogP contribution is 2.14. The van der Waals surface area contributed by atoms with E-state index in [2.05, 4.69) is 10.3 Å². The Kier molecular flexibility index (Phi) is 3.58. The van der Waals surface area contributed by atoms with Gasteiger partial charge in [0.1, 0.15) is 0 Å². The SMILES string of the molecule is O=C(Oc1cc(Cl)ccn1)N1CCNCC1. The van der Waals surface area contributed by atoms with Crippen LogP contribution in [0.15, 0.2) is 18.3 Å². The lowest BCUT2D eigenvalue weighted by Crippen LogP contribution is -2.47. The Morgan fingerprint density at radius 3 is 2.94 bits per heavy atom. The summed E-state index contributed by atoms with van der Waals surface area (Å²) in [5.41, 5.74) is 0. The molecule has 6 heteroatoms. The normalized spacial score (nSPS) is 15.9. The third-order valence-corrected chi connectivity index (χ3v) is 2.50. The van der Waals surface area contributed by atoms with Gasteiger partial charge in [-0.1, -0.05) is 11.6 Å². The van der Waals surface area contributed by atoms with Crippen LogP contribution in [0.5, 0.6) is 5.88 Å². The summed E-state index contributed by atoms with van der Waals surface area (Å²) in [6, 6.07) is 3.14. The molecule has 1 aliphatic rings. The third-order valence-electron chi connectivity index (χ3n) is 2.26. The molecule has 1 aromatic heterocycles. The van der Waals surface area contributed by atoms with Gasteiger partial charge >= 0.3 is 6.09 Å². The molecule has 0 bridgehead atoms. The van der Waals surface area contributed by atoms with E-state index in [0.717, 1.165) is 13.1 Å². The molecule has 0 unspecified atom stereocenters. The molecule has 1 saturated heterocycles. The van der Waals surface area contributed by atoms with Gasteiger partial charge in [-0.3, -0.25) is 0 Å². The van der Waals surface area contributed by atoms with Crippen molar-refractivity contribution in [2.75, 3.05) is 26.2 Å². The van der Waals surface area contributed by atoms with Crippen molar-refractivity contribution in [2.24, 2.45) is 0 Å². The van der Waals surface area contributed by atoms with E-state index in [1.54, 1.807) is 11.0 Å². The van der Waals surface area contributed by atoms with Gasteiger partial charge in [0.2, 0.25) is 5.88 Å². The van der Waals surface area contributed by atoms with E-state index < -0.39 is 0 Å². The van der Waals surface area contributed by atoms with E-state index in [9.17, 15) is 4.79 Å². The predicted molar refractivity (Wildman–Crippen MR) is 59.7 cm³/mol. The highest BCUT2D eigenvalue weighted by molar-refractivity contribution is 6.30. The summed E-state index contributed by atoms with van der Waals surface area (Å²) < 4.78 is 5.10. The molecule has 86 valence electrons. The Hall–Kier alpha value is -1.33. The van der Waals surface area contributed by atoms with Crippen LogP contribution in [0, 0.1) is 0 Å². The van der Waals surface area contributed by atoms with Gasteiger partial charge in [0.05, 0.1) is 0 Å². The highest BCUT2D eigenvalue weighted by Gasteiger charge is 2.18. The van der Waals surface area contributed by atoms with Crippen molar-refractivity contribution in [1.29, 1.82) is 0 Å². The number of nitrogens with one attached hydrogen (secondary N) is 1. The number of rotatable bonds is 1. The lowest BCUT2D eigenvalue weighted by atomic mass is 10.4. The van der Waals surface area contributed by atoms with Gasteiger partial charge < -0.3 is 15.0 Å². The molecule has 1 amide bonds. The smallest absolute Gasteiger partial charge is 0.391 e. The first-order valence-electron chi connectivity index (χ1n) is 5.05. The van der Waals surface area contributed by atoms with Gasteiger partial charge in [-0.25, -0.2) is 9.78 Å². The number of hydrogen-bond donors (Lipinski definition) is 1. The van der Waals surface area contributed by atoms with Crippen molar-refractivity contribution in [2.45, 2.75) is 0 Å². The summed E-state index contributed by atoms with van der Waals surface area (Å²) in [7, 11) is 0. The van der Waals surface area contributed by atoms with E-state index in [1.807, 2.05) is 0 Å². The standard InChI is InChI=1S/C10H12ClN3O2/c11-8-1-2-13-9(7-8)16-10(15)14-5-3-12-4-6-14/h1-2,7,12H,3-6H2. The predicted octanol–water partition coefficient (Wildman–Crippen LogP) is 1.14. The zero-order chi connectivity index (χ0) is 11.4. The minimum atomic E-state index is -0.378. The number of pyridine rings is 1. The number of nitrogens with zero attached hydrogens (tertiary/aromatic N) is 2. The van der Waals surface area contributed by atoms with Crippen LogP contribution in [0.2, 0.25) is 5.02 Å². The first kappa shape index (κ1) is 11.2. The van der Waals surface area contributed by atoms with Crippen LogP contribution in [0.4, 0.5) is 4.79 Å². The quantitative estimate of drug-likeness (QED) is 0.801. The largest absolute Gasteiger partial charge is 0.416 e. The maximum absolute atomic E-state index is 11.7. The molecule has 0 spiro atoms. The number of halogens is 1. The monoisotopic (exact) mass is 241 g/mol. The molecule has 5 nitrogen and oxygen atoms in total. The van der Waals surface area contributed by atoms with Gasteiger partial charge in [-0.15, -0.1) is 0 Å². The summed E-state index contributed by atoms with van der Waals surface area (Å²) in [5.74, 6) is 0.232. The van der Waals surface area contributed by atoms with Gasteiger partial charge in [0.15, 0.2) is 0 Å². The topological polar surface area (TPSA) is 54.5 Å². The van der Waals surface area contributed by atoms with E-state index in [0.29, 0.717) is 18.1 Å². The van der Waals surface area contributed by atoms with Crippen molar-refractivity contribution in [1.82, 2.24) is 15.2 Å². The number of carbonyl (C=O) groups is 1. The maximum atomic E-state index is 11.7. The molecule has 0 atom stereocenters. The van der Waals surface area contributed by atoms with Crippen molar-refractivity contribution < 1.29 is 9.53 Å². The first-order valence-corrected chi connectivity index (χ1v) is 5.42. The molecular formula is C10H12ClN3O2. The average molecular weight is 242 g/mol. The van der Waals surface area contributed by atoms with E-state index in [4.69, 9.17) is 16.3 Å². The summed E-state index contributed by atoms with van der Waals surface area (Å²) in [5, 5.41) is 3.65. The highest BCUT2D eigenvalue weighted by atomic mass is 35.5. The van der Waals surface area contributed by atoms with E-state index in [1.165, 1.54) is 12.3 Å². The van der Waals surface area contributed by atoms with Crippen molar-refractivity contribution in [3.05, 3.63) is 23.4 Å². The second kappa shape index (κ2) is 5.14. The number of piperazine rings is 1. The fraction of sp³-hybridized carbons (Fsp3) is 0.400. The van der Waals surface area contributed by atoms with Crippen molar-refractivity contribution in [3.63, 3.8) is 0 Å². The van der Waals surface area contributed by atoms with Crippen LogP contribution in [0.1, 0.15) is 0 Å². The van der Waals surface area contributed by atoms with Crippen LogP contribution in [-0.4, -0.2) is 42.2 Å². The third kappa shape index (κ3) is 2.84. The van der Waals surface area contributed by atoms with Crippen LogP contribution in [0.25, 0.3) is 0 Å². The second-order valence-corrected chi connectivity index (χ2v) is 3.85. The molecule has 1 N–H and O–H groups in total. The zero-order valence-electron chi connectivity index (χ0n) is 8.65. The molecule has 1 aromatic rings. The lowest BCUT2D eigenvalue weighted by Gasteiger charge is -2.26. The molecule has 1 aliphatic heterocycles. The Bertz CT molecular complexity index is 380. The summed E-state index contributed by atoms with van der Waals surface area (Å²) in [6.07, 6.45) is 1.12. The van der Waals surface area contributed by atoms with Gasteiger partial charge in [-0.2, -0.15) is 0 Å². The average Bonchev–Trinajstić information content (AvgIpc) is 2.30. The first-order chi connectivity index (χ1) is 7.75. The molecule has 0 aromatic carbocycles. The molecule has 1 fully saturated rings. The molecule has 2 heterocycles. The molecule has 0 radical (unpaired) electrons. The summed E-state index contributed by atoms with van der Waals surface area (Å²) >= 11 is 5.76. The van der Waals surface area contributed by atoms with Crippen LogP contribution < -0.4 is 10.1 Å². The van der Waals surface area contributed by atoms with Gasteiger partial charge in [0, 0.05) is 43.5 Å². The minimum absolute atomic E-state index is 0.232. The lowest BCUT2D eigenvalue weighted by molar-refractivity contribution is 0.144. The number of amides is 1. The molecule has 2 rings (SSSR count). The van der Waals surface area contributed by atoms with E-state index >= 15 is 0 Å². The number of aromatic nitrogens is 1. The van der Waals surface area contributed by atoms with Crippen LogP contribution in [-0.2, 0) is 0 Å². The Balaban J connectivity index is 1.96. The molecule has 0 saturated carbocycles. The fourth-order valence-corrected chi connectivity index (χ4v) is 1.59. The molecule has 16 heavy (non-hydrogen) atoms. The minimum Gasteiger partial charge on any atom is -0.391 e. The van der Waals surface area contributed by atoms with Crippen LogP contribution in [0.3, 0.4) is 0 Å². The zero-order valence-corrected chi connectivity index (χ0v) is 9.41.